The molecule has 0 bridgehead atoms. The summed E-state index contributed by atoms with van der Waals surface area (Å²) in [5, 5.41) is 0. The van der Waals surface area contributed by atoms with Crippen LogP contribution in [0.1, 0.15) is 6.42 Å². The summed E-state index contributed by atoms with van der Waals surface area (Å²) in [4.78, 5) is 2.86. The third-order valence-corrected chi connectivity index (χ3v) is 1.15. The number of hydrogen-bond donors (Lipinski definition) is 1. The summed E-state index contributed by atoms with van der Waals surface area (Å²) in [6, 6.07) is 3.89. The predicted molar refractivity (Wildman–Crippen MR) is 43.7 cm³/mol. The maximum Gasteiger partial charge on any atom is 0.000496 e. The van der Waals surface area contributed by atoms with E-state index in [0.29, 0.717) is 0 Å². The summed E-state index contributed by atoms with van der Waals surface area (Å²) in [6.07, 6.45) is 13.2. The summed E-state index contributed by atoms with van der Waals surface area (Å²) < 4.78 is 0. The SMILES string of the molecule is C1=CCC=C1.c1cc[nH]c1. The van der Waals surface area contributed by atoms with E-state index in [1.807, 2.05) is 24.5 Å². The number of nitrogens with one attached hydrogen (secondary N) is 1. The van der Waals surface area contributed by atoms with Crippen LogP contribution < -0.4 is 0 Å². The number of H-pyrrole nitrogens is 1. The summed E-state index contributed by atoms with van der Waals surface area (Å²) in [5.41, 5.74) is 0. The molecule has 1 heterocycles. The molecule has 1 aliphatic rings. The van der Waals surface area contributed by atoms with Gasteiger partial charge in [-0.25, -0.2) is 0 Å². The molecule has 1 aromatic rings. The van der Waals surface area contributed by atoms with Crippen molar-refractivity contribution in [3.05, 3.63) is 48.8 Å². The molecule has 0 saturated carbocycles. The van der Waals surface area contributed by atoms with Crippen LogP contribution in [0.4, 0.5) is 0 Å². The molecule has 1 aliphatic carbocycles. The van der Waals surface area contributed by atoms with Gasteiger partial charge in [-0.15, -0.1) is 0 Å². The third-order valence-electron chi connectivity index (χ3n) is 1.15. The maximum absolute atomic E-state index is 2.86. The smallest absolute Gasteiger partial charge is 0.000496 e. The molecule has 0 atom stereocenters. The molecule has 0 aromatic carbocycles. The molecule has 0 aliphatic heterocycles. The molecule has 0 spiro atoms. The fraction of sp³-hybridized carbons (Fsp3) is 0.111. The van der Waals surface area contributed by atoms with Crippen molar-refractivity contribution in [3.8, 4) is 0 Å². The summed E-state index contributed by atoms with van der Waals surface area (Å²) in [5.74, 6) is 0. The van der Waals surface area contributed by atoms with E-state index in [4.69, 9.17) is 0 Å². The van der Waals surface area contributed by atoms with Gasteiger partial charge < -0.3 is 4.98 Å². The molecule has 1 nitrogen and oxygen atoms in total. The van der Waals surface area contributed by atoms with E-state index in [9.17, 15) is 0 Å². The van der Waals surface area contributed by atoms with Crippen LogP contribution in [0.3, 0.4) is 0 Å². The molecular weight excluding hydrogens is 122 g/mol. The molecular formula is C9H11N. The van der Waals surface area contributed by atoms with Gasteiger partial charge in [0.1, 0.15) is 0 Å². The van der Waals surface area contributed by atoms with Crippen molar-refractivity contribution >= 4 is 0 Å². The average Bonchev–Trinajstić information content (AvgIpc) is 2.67. The number of allylic oxidation sites excluding steroid dienone is 4. The van der Waals surface area contributed by atoms with Crippen molar-refractivity contribution in [2.24, 2.45) is 0 Å². The molecule has 0 radical (unpaired) electrons. The summed E-state index contributed by atoms with van der Waals surface area (Å²) in [6.45, 7) is 0. The zero-order valence-corrected chi connectivity index (χ0v) is 5.83. The second kappa shape index (κ2) is 4.62. The molecule has 2 rings (SSSR count). The fourth-order valence-corrected chi connectivity index (χ4v) is 0.671. The Morgan fingerprint density at radius 1 is 0.900 bits per heavy atom. The van der Waals surface area contributed by atoms with Crippen molar-refractivity contribution in [3.63, 3.8) is 0 Å². The summed E-state index contributed by atoms with van der Waals surface area (Å²) in [7, 11) is 0. The highest BCUT2D eigenvalue weighted by Gasteiger charge is 1.72. The molecule has 1 heteroatoms. The Labute approximate surface area is 61.1 Å². The minimum absolute atomic E-state index is 1.14. The molecule has 0 amide bonds. The second-order valence-electron chi connectivity index (χ2n) is 1.98. The van der Waals surface area contributed by atoms with E-state index in [-0.39, 0.29) is 0 Å². The van der Waals surface area contributed by atoms with Gasteiger partial charge in [0.25, 0.3) is 0 Å². The monoisotopic (exact) mass is 133 g/mol. The number of aromatic nitrogens is 1. The Morgan fingerprint density at radius 3 is 1.70 bits per heavy atom. The lowest BCUT2D eigenvalue weighted by Crippen LogP contribution is -1.38. The van der Waals surface area contributed by atoms with Gasteiger partial charge in [0.2, 0.25) is 0 Å². The Balaban J connectivity index is 0.0000001000. The van der Waals surface area contributed by atoms with E-state index in [2.05, 4.69) is 29.3 Å². The molecule has 0 fully saturated rings. The number of hydrogen-bond acceptors (Lipinski definition) is 0. The minimum Gasteiger partial charge on any atom is -0.368 e. The van der Waals surface area contributed by atoms with Gasteiger partial charge >= 0.3 is 0 Å². The maximum atomic E-state index is 2.86. The van der Waals surface area contributed by atoms with Crippen LogP contribution in [0.2, 0.25) is 0 Å². The highest BCUT2D eigenvalue weighted by molar-refractivity contribution is 5.11. The highest BCUT2D eigenvalue weighted by atomic mass is 14.6. The quantitative estimate of drug-likeness (QED) is 0.559. The van der Waals surface area contributed by atoms with Gasteiger partial charge in [-0.3, -0.25) is 0 Å². The Hall–Kier alpha value is -1.24. The minimum atomic E-state index is 1.14. The van der Waals surface area contributed by atoms with Gasteiger partial charge in [0.05, 0.1) is 0 Å². The van der Waals surface area contributed by atoms with E-state index in [0.717, 1.165) is 6.42 Å². The highest BCUT2D eigenvalue weighted by Crippen LogP contribution is 1.93. The van der Waals surface area contributed by atoms with E-state index >= 15 is 0 Å². The lowest BCUT2D eigenvalue weighted by molar-refractivity contribution is 1.42. The molecule has 1 N–H and O–H groups in total. The van der Waals surface area contributed by atoms with E-state index < -0.39 is 0 Å². The predicted octanol–water partition coefficient (Wildman–Crippen LogP) is 2.52. The molecule has 0 saturated heterocycles. The average molecular weight is 133 g/mol. The largest absolute Gasteiger partial charge is 0.368 e. The van der Waals surface area contributed by atoms with Crippen molar-refractivity contribution in [1.82, 2.24) is 4.98 Å². The number of aromatic amines is 1. The van der Waals surface area contributed by atoms with Crippen molar-refractivity contribution in [2.45, 2.75) is 6.42 Å². The first kappa shape index (κ1) is 6.87. The molecule has 52 valence electrons. The normalized spacial score (nSPS) is 12.8. The first-order chi connectivity index (χ1) is 5.00. The van der Waals surface area contributed by atoms with Crippen LogP contribution in [0, 0.1) is 0 Å². The summed E-state index contributed by atoms with van der Waals surface area (Å²) >= 11 is 0. The topological polar surface area (TPSA) is 15.8 Å². The lowest BCUT2D eigenvalue weighted by Gasteiger charge is -1.57. The van der Waals surface area contributed by atoms with Crippen molar-refractivity contribution in [1.29, 1.82) is 0 Å². The van der Waals surface area contributed by atoms with Crippen LogP contribution in [0.15, 0.2) is 48.8 Å². The van der Waals surface area contributed by atoms with Gasteiger partial charge in [0, 0.05) is 12.4 Å². The van der Waals surface area contributed by atoms with Gasteiger partial charge in [-0.2, -0.15) is 0 Å². The van der Waals surface area contributed by atoms with Gasteiger partial charge in [0.15, 0.2) is 0 Å². The Kier molecular flexibility index (Phi) is 3.18. The van der Waals surface area contributed by atoms with Crippen LogP contribution >= 0.6 is 0 Å². The molecule has 1 aromatic heterocycles. The zero-order valence-electron chi connectivity index (χ0n) is 5.83. The zero-order chi connectivity index (χ0) is 7.07. The van der Waals surface area contributed by atoms with E-state index in [1.54, 1.807) is 0 Å². The Bertz CT molecular complexity index is 167. The molecule has 0 unspecified atom stereocenters. The van der Waals surface area contributed by atoms with Crippen LogP contribution in [-0.4, -0.2) is 4.98 Å². The Morgan fingerprint density at radius 2 is 1.50 bits per heavy atom. The lowest BCUT2D eigenvalue weighted by atomic mass is 10.5. The van der Waals surface area contributed by atoms with Crippen LogP contribution in [0.5, 0.6) is 0 Å². The third kappa shape index (κ3) is 2.92. The van der Waals surface area contributed by atoms with Gasteiger partial charge in [-0.05, 0) is 18.6 Å². The van der Waals surface area contributed by atoms with Crippen LogP contribution in [0.25, 0.3) is 0 Å². The van der Waals surface area contributed by atoms with Crippen LogP contribution in [-0.2, 0) is 0 Å². The van der Waals surface area contributed by atoms with Gasteiger partial charge in [-0.1, -0.05) is 24.3 Å². The van der Waals surface area contributed by atoms with E-state index in [1.165, 1.54) is 0 Å². The first-order valence-electron chi connectivity index (χ1n) is 3.39. The van der Waals surface area contributed by atoms with Crippen molar-refractivity contribution in [2.75, 3.05) is 0 Å². The van der Waals surface area contributed by atoms with Crippen molar-refractivity contribution < 1.29 is 0 Å². The standard InChI is InChI=1S/C5H6.C4H5N/c2*1-2-4-5-3-1/h1-4H,5H2;1-5H. The second-order valence-corrected chi connectivity index (χ2v) is 1.98. The first-order valence-corrected chi connectivity index (χ1v) is 3.39. The number of rotatable bonds is 0. The fourth-order valence-electron chi connectivity index (χ4n) is 0.671. The molecule has 10 heavy (non-hydrogen) atoms.